The number of hydrogen-bond acceptors (Lipinski definition) is 4. The Morgan fingerprint density at radius 3 is 2.68 bits per heavy atom. The van der Waals surface area contributed by atoms with E-state index in [4.69, 9.17) is 16.9 Å². The highest BCUT2D eigenvalue weighted by Gasteiger charge is 2.20. The highest BCUT2D eigenvalue weighted by molar-refractivity contribution is 6.18. The highest BCUT2D eigenvalue weighted by atomic mass is 35.5. The Bertz CT molecular complexity index is 397. The number of amides is 2. The Kier molecular flexibility index (Phi) is 6.93. The van der Waals surface area contributed by atoms with E-state index in [1.807, 2.05) is 0 Å². The summed E-state index contributed by atoms with van der Waals surface area (Å²) in [7, 11) is 0. The standard InChI is InChI=1S/C12H17ClN4O2/c13-3-6-16-12(19)10(7-14)8-17-11(18)9-1-4-15-5-2-9/h8-9,15H,1-6H2,(H,16,19)(H,17,18)/b10-8-. The molecule has 0 radical (unpaired) electrons. The van der Waals surface area contributed by atoms with Crippen LogP contribution in [0, 0.1) is 17.2 Å². The minimum atomic E-state index is -0.534. The van der Waals surface area contributed by atoms with Gasteiger partial charge in [-0.25, -0.2) is 0 Å². The van der Waals surface area contributed by atoms with Crippen molar-refractivity contribution in [3.63, 3.8) is 0 Å². The maximum atomic E-state index is 11.8. The molecule has 1 saturated heterocycles. The maximum Gasteiger partial charge on any atom is 0.263 e. The third-order valence-corrected chi connectivity index (χ3v) is 3.00. The molecule has 7 heteroatoms. The van der Waals surface area contributed by atoms with E-state index in [2.05, 4.69) is 16.0 Å². The predicted molar refractivity (Wildman–Crippen MR) is 71.2 cm³/mol. The Morgan fingerprint density at radius 1 is 1.42 bits per heavy atom. The van der Waals surface area contributed by atoms with E-state index in [1.54, 1.807) is 6.07 Å². The van der Waals surface area contributed by atoms with Gasteiger partial charge >= 0.3 is 0 Å². The molecule has 0 saturated carbocycles. The molecule has 0 atom stereocenters. The summed E-state index contributed by atoms with van der Waals surface area (Å²) in [6, 6.07) is 1.75. The van der Waals surface area contributed by atoms with Crippen molar-refractivity contribution < 1.29 is 9.59 Å². The second kappa shape index (κ2) is 8.51. The number of halogens is 1. The van der Waals surface area contributed by atoms with E-state index in [0.29, 0.717) is 0 Å². The van der Waals surface area contributed by atoms with Gasteiger partial charge in [-0.2, -0.15) is 5.26 Å². The Balaban J connectivity index is 2.49. The Morgan fingerprint density at radius 2 is 2.11 bits per heavy atom. The van der Waals surface area contributed by atoms with Crippen molar-refractivity contribution in [1.82, 2.24) is 16.0 Å². The molecular weight excluding hydrogens is 268 g/mol. The van der Waals surface area contributed by atoms with Crippen LogP contribution in [-0.4, -0.2) is 37.3 Å². The van der Waals surface area contributed by atoms with Crippen molar-refractivity contribution in [2.45, 2.75) is 12.8 Å². The fourth-order valence-electron chi connectivity index (χ4n) is 1.75. The lowest BCUT2D eigenvalue weighted by Crippen LogP contribution is -2.37. The molecule has 0 unspecified atom stereocenters. The first kappa shape index (κ1) is 15.5. The summed E-state index contributed by atoms with van der Waals surface area (Å²) in [6.07, 6.45) is 2.69. The number of alkyl halides is 1. The SMILES string of the molecule is N#C/C(=C/NC(=O)C1CCNCC1)C(=O)NCCCl. The molecule has 2 amide bonds. The monoisotopic (exact) mass is 284 g/mol. The average molecular weight is 285 g/mol. The molecular formula is C12H17ClN4O2. The largest absolute Gasteiger partial charge is 0.350 e. The number of nitriles is 1. The quantitative estimate of drug-likeness (QED) is 0.372. The van der Waals surface area contributed by atoms with Crippen LogP contribution in [0.25, 0.3) is 0 Å². The molecule has 3 N–H and O–H groups in total. The molecule has 1 aliphatic heterocycles. The summed E-state index contributed by atoms with van der Waals surface area (Å²) in [5.41, 5.74) is -0.132. The van der Waals surface area contributed by atoms with Gasteiger partial charge in [-0.15, -0.1) is 11.6 Å². The Hall–Kier alpha value is -1.58. The normalized spacial score (nSPS) is 16.5. The third kappa shape index (κ3) is 5.28. The van der Waals surface area contributed by atoms with Gasteiger partial charge in [-0.1, -0.05) is 0 Å². The van der Waals surface area contributed by atoms with Gasteiger partial charge in [-0.05, 0) is 25.9 Å². The zero-order chi connectivity index (χ0) is 14.1. The molecule has 0 aliphatic carbocycles. The first-order valence-electron chi connectivity index (χ1n) is 6.14. The van der Waals surface area contributed by atoms with Gasteiger partial charge < -0.3 is 16.0 Å². The summed E-state index contributed by atoms with van der Waals surface area (Å²) < 4.78 is 0. The summed E-state index contributed by atoms with van der Waals surface area (Å²) in [5.74, 6) is -0.484. The summed E-state index contributed by atoms with van der Waals surface area (Å²) in [4.78, 5) is 23.3. The number of hydrogen-bond donors (Lipinski definition) is 3. The lowest BCUT2D eigenvalue weighted by molar-refractivity contribution is -0.124. The lowest BCUT2D eigenvalue weighted by atomic mass is 9.97. The first-order valence-corrected chi connectivity index (χ1v) is 6.68. The van der Waals surface area contributed by atoms with Gasteiger partial charge in [0.2, 0.25) is 5.91 Å². The molecule has 1 aliphatic rings. The van der Waals surface area contributed by atoms with Crippen LogP contribution in [0.4, 0.5) is 0 Å². The number of carbonyl (C=O) groups excluding carboxylic acids is 2. The highest BCUT2D eigenvalue weighted by Crippen LogP contribution is 2.11. The third-order valence-electron chi connectivity index (χ3n) is 2.81. The molecule has 0 aromatic heterocycles. The molecule has 19 heavy (non-hydrogen) atoms. The molecule has 0 bridgehead atoms. The summed E-state index contributed by atoms with van der Waals surface area (Å²) >= 11 is 5.43. The number of carbonyl (C=O) groups is 2. The van der Waals surface area contributed by atoms with Crippen LogP contribution in [-0.2, 0) is 9.59 Å². The van der Waals surface area contributed by atoms with Crippen LogP contribution < -0.4 is 16.0 Å². The van der Waals surface area contributed by atoms with Crippen molar-refractivity contribution in [3.05, 3.63) is 11.8 Å². The van der Waals surface area contributed by atoms with E-state index in [-0.39, 0.29) is 29.8 Å². The van der Waals surface area contributed by atoms with Crippen molar-refractivity contribution in [2.75, 3.05) is 25.5 Å². The lowest BCUT2D eigenvalue weighted by Gasteiger charge is -2.20. The average Bonchev–Trinajstić information content (AvgIpc) is 2.46. The van der Waals surface area contributed by atoms with E-state index in [1.165, 1.54) is 0 Å². The van der Waals surface area contributed by atoms with E-state index in [9.17, 15) is 9.59 Å². The van der Waals surface area contributed by atoms with E-state index >= 15 is 0 Å². The maximum absolute atomic E-state index is 11.8. The van der Waals surface area contributed by atoms with Gasteiger partial charge in [-0.3, -0.25) is 9.59 Å². The number of nitrogens with one attached hydrogen (secondary N) is 3. The van der Waals surface area contributed by atoms with Crippen molar-refractivity contribution in [3.8, 4) is 6.07 Å². The van der Waals surface area contributed by atoms with Gasteiger partial charge in [0.25, 0.3) is 5.91 Å². The second-order valence-corrected chi connectivity index (χ2v) is 4.53. The Labute approximate surface area is 117 Å². The predicted octanol–water partition coefficient (Wildman–Crippen LogP) is -0.135. The zero-order valence-corrected chi connectivity index (χ0v) is 11.3. The molecule has 0 aromatic rings. The minimum absolute atomic E-state index is 0.0663. The van der Waals surface area contributed by atoms with Crippen LogP contribution in [0.1, 0.15) is 12.8 Å². The van der Waals surface area contributed by atoms with Gasteiger partial charge in [0.15, 0.2) is 0 Å². The number of rotatable bonds is 5. The van der Waals surface area contributed by atoms with E-state index < -0.39 is 5.91 Å². The number of piperidine rings is 1. The van der Waals surface area contributed by atoms with Crippen LogP contribution in [0.15, 0.2) is 11.8 Å². The molecule has 1 fully saturated rings. The molecule has 6 nitrogen and oxygen atoms in total. The van der Waals surface area contributed by atoms with Gasteiger partial charge in [0, 0.05) is 24.5 Å². The van der Waals surface area contributed by atoms with Crippen molar-refractivity contribution in [1.29, 1.82) is 5.26 Å². The molecule has 104 valence electrons. The molecule has 0 spiro atoms. The molecule has 1 heterocycles. The van der Waals surface area contributed by atoms with Crippen LogP contribution >= 0.6 is 11.6 Å². The van der Waals surface area contributed by atoms with Crippen LogP contribution in [0.5, 0.6) is 0 Å². The number of nitrogens with zero attached hydrogens (tertiary/aromatic N) is 1. The molecule has 0 aromatic carbocycles. The fourth-order valence-corrected chi connectivity index (χ4v) is 1.84. The zero-order valence-electron chi connectivity index (χ0n) is 10.5. The van der Waals surface area contributed by atoms with Crippen LogP contribution in [0.2, 0.25) is 0 Å². The van der Waals surface area contributed by atoms with Gasteiger partial charge in [0.05, 0.1) is 0 Å². The minimum Gasteiger partial charge on any atom is -0.350 e. The van der Waals surface area contributed by atoms with Gasteiger partial charge in [0.1, 0.15) is 11.6 Å². The van der Waals surface area contributed by atoms with E-state index in [0.717, 1.165) is 32.1 Å². The fraction of sp³-hybridized carbons (Fsp3) is 0.583. The topological polar surface area (TPSA) is 94.0 Å². The first-order chi connectivity index (χ1) is 9.19. The van der Waals surface area contributed by atoms with Crippen LogP contribution in [0.3, 0.4) is 0 Å². The van der Waals surface area contributed by atoms with Crippen molar-refractivity contribution in [2.24, 2.45) is 5.92 Å². The molecule has 1 rings (SSSR count). The second-order valence-electron chi connectivity index (χ2n) is 4.15. The summed E-state index contributed by atoms with van der Waals surface area (Å²) in [6.45, 7) is 1.90. The van der Waals surface area contributed by atoms with Crippen molar-refractivity contribution >= 4 is 23.4 Å². The smallest absolute Gasteiger partial charge is 0.263 e. The summed E-state index contributed by atoms with van der Waals surface area (Å²) in [5, 5.41) is 17.0.